The molecule has 0 bridgehead atoms. The molecule has 1 heterocycles. The summed E-state index contributed by atoms with van der Waals surface area (Å²) in [5.74, 6) is -0.922. The second-order valence-corrected chi connectivity index (χ2v) is 9.98. The number of hydrogen-bond acceptors (Lipinski definition) is 5. The van der Waals surface area contributed by atoms with Crippen LogP contribution in [0.25, 0.3) is 0 Å². The van der Waals surface area contributed by atoms with E-state index in [0.717, 1.165) is 23.4 Å². The molecule has 0 radical (unpaired) electrons. The van der Waals surface area contributed by atoms with Crippen molar-refractivity contribution in [1.82, 2.24) is 5.32 Å². The molecule has 0 aromatic heterocycles. The van der Waals surface area contributed by atoms with Crippen LogP contribution >= 0.6 is 11.6 Å². The van der Waals surface area contributed by atoms with E-state index in [4.69, 9.17) is 16.3 Å². The molecule has 32 heavy (non-hydrogen) atoms. The Morgan fingerprint density at radius 2 is 1.97 bits per heavy atom. The smallest absolute Gasteiger partial charge is 0.253 e. The molecule has 0 aliphatic carbocycles. The van der Waals surface area contributed by atoms with Crippen molar-refractivity contribution in [3.05, 3.63) is 58.6 Å². The zero-order chi connectivity index (χ0) is 23.3. The number of nitrogens with zero attached hydrogens (tertiary/aromatic N) is 1. The number of hydrogen-bond donors (Lipinski definition) is 2. The van der Waals surface area contributed by atoms with Gasteiger partial charge >= 0.3 is 0 Å². The van der Waals surface area contributed by atoms with Gasteiger partial charge in [-0.3, -0.25) is 13.9 Å². The normalized spacial score (nSPS) is 15.9. The van der Waals surface area contributed by atoms with Crippen molar-refractivity contribution in [2.75, 3.05) is 35.6 Å². The molecular weight excluding hydrogens is 454 g/mol. The van der Waals surface area contributed by atoms with E-state index in [-0.39, 0.29) is 17.6 Å². The van der Waals surface area contributed by atoms with E-state index in [9.17, 15) is 18.0 Å². The van der Waals surface area contributed by atoms with E-state index in [0.29, 0.717) is 35.1 Å². The molecule has 1 atom stereocenters. The summed E-state index contributed by atoms with van der Waals surface area (Å²) in [6.07, 6.45) is 2.88. The number of para-hydroxylation sites is 1. The van der Waals surface area contributed by atoms with E-state index in [2.05, 4.69) is 10.6 Å². The van der Waals surface area contributed by atoms with Crippen LogP contribution in [0.3, 0.4) is 0 Å². The maximum Gasteiger partial charge on any atom is 0.253 e. The van der Waals surface area contributed by atoms with E-state index in [1.807, 2.05) is 0 Å². The van der Waals surface area contributed by atoms with Crippen LogP contribution in [0.4, 0.5) is 11.4 Å². The largest absolute Gasteiger partial charge is 0.376 e. The zero-order valence-corrected chi connectivity index (χ0v) is 19.5. The lowest BCUT2D eigenvalue weighted by Crippen LogP contribution is -2.38. The number of sulfonamides is 1. The van der Waals surface area contributed by atoms with Gasteiger partial charge in [0, 0.05) is 18.2 Å². The minimum absolute atomic E-state index is 0.00774. The molecule has 2 aromatic rings. The molecule has 1 aliphatic heterocycles. The van der Waals surface area contributed by atoms with E-state index in [1.165, 1.54) is 0 Å². The van der Waals surface area contributed by atoms with Crippen molar-refractivity contribution in [1.29, 1.82) is 0 Å². The summed E-state index contributed by atoms with van der Waals surface area (Å²) < 4.78 is 31.3. The fourth-order valence-electron chi connectivity index (χ4n) is 3.50. The topological polar surface area (TPSA) is 105 Å². The Kier molecular flexibility index (Phi) is 7.76. The van der Waals surface area contributed by atoms with Gasteiger partial charge in [-0.25, -0.2) is 8.42 Å². The third kappa shape index (κ3) is 6.21. The van der Waals surface area contributed by atoms with E-state index >= 15 is 0 Å². The van der Waals surface area contributed by atoms with Crippen LogP contribution in [0.1, 0.15) is 28.8 Å². The second kappa shape index (κ2) is 10.3. The molecule has 1 fully saturated rings. The Morgan fingerprint density at radius 1 is 1.22 bits per heavy atom. The number of carbonyl (C=O) groups is 2. The lowest BCUT2D eigenvalue weighted by Gasteiger charge is -2.24. The molecule has 172 valence electrons. The van der Waals surface area contributed by atoms with Gasteiger partial charge in [0.05, 0.1) is 29.3 Å². The molecule has 10 heteroatoms. The summed E-state index contributed by atoms with van der Waals surface area (Å²) in [4.78, 5) is 25.4. The highest BCUT2D eigenvalue weighted by Gasteiger charge is 2.24. The van der Waals surface area contributed by atoms with Crippen molar-refractivity contribution >= 4 is 44.8 Å². The van der Waals surface area contributed by atoms with E-state index < -0.39 is 22.5 Å². The first-order chi connectivity index (χ1) is 15.1. The Hall–Kier alpha value is -2.62. The number of rotatable bonds is 8. The molecule has 0 saturated carbocycles. The summed E-state index contributed by atoms with van der Waals surface area (Å²) in [6, 6.07) is 11.3. The maximum atomic E-state index is 12.8. The Bertz CT molecular complexity index is 1100. The van der Waals surface area contributed by atoms with Gasteiger partial charge in [0.1, 0.15) is 6.54 Å². The molecule has 1 aliphatic rings. The summed E-state index contributed by atoms with van der Waals surface area (Å²) in [5.41, 5.74) is 1.55. The number of carbonyl (C=O) groups excluding carboxylic acids is 2. The molecule has 2 amide bonds. The summed E-state index contributed by atoms with van der Waals surface area (Å²) >= 11 is 5.97. The molecule has 3 rings (SSSR count). The first-order valence-corrected chi connectivity index (χ1v) is 12.4. The van der Waals surface area contributed by atoms with Gasteiger partial charge in [0.2, 0.25) is 15.9 Å². The molecule has 1 saturated heterocycles. The molecule has 8 nitrogen and oxygen atoms in total. The van der Waals surface area contributed by atoms with Gasteiger partial charge in [-0.1, -0.05) is 23.7 Å². The van der Waals surface area contributed by atoms with Crippen LogP contribution in [0.15, 0.2) is 42.5 Å². The number of amides is 2. The third-order valence-corrected chi connectivity index (χ3v) is 6.44. The summed E-state index contributed by atoms with van der Waals surface area (Å²) in [7, 11) is -3.75. The molecular formula is C22H26ClN3O5S. The van der Waals surface area contributed by atoms with Gasteiger partial charge in [0.15, 0.2) is 0 Å². The van der Waals surface area contributed by atoms with Gasteiger partial charge in [0.25, 0.3) is 5.91 Å². The van der Waals surface area contributed by atoms with Gasteiger partial charge in [-0.05, 0) is 55.7 Å². The van der Waals surface area contributed by atoms with Crippen molar-refractivity contribution in [2.45, 2.75) is 25.9 Å². The maximum absolute atomic E-state index is 12.8. The number of anilines is 2. The van der Waals surface area contributed by atoms with Crippen LogP contribution < -0.4 is 14.9 Å². The van der Waals surface area contributed by atoms with Gasteiger partial charge in [-0.15, -0.1) is 0 Å². The average molecular weight is 480 g/mol. The molecule has 2 N–H and O–H groups in total. The number of nitrogens with one attached hydrogen (secondary N) is 2. The highest BCUT2D eigenvalue weighted by molar-refractivity contribution is 7.92. The number of aryl methyl sites for hydroxylation is 1. The number of ether oxygens (including phenoxy) is 1. The van der Waals surface area contributed by atoms with Crippen molar-refractivity contribution in [3.63, 3.8) is 0 Å². The number of halogens is 1. The fraction of sp³-hybridized carbons (Fsp3) is 0.364. The lowest BCUT2D eigenvalue weighted by atomic mass is 10.1. The highest BCUT2D eigenvalue weighted by atomic mass is 35.5. The van der Waals surface area contributed by atoms with Crippen molar-refractivity contribution in [2.24, 2.45) is 0 Å². The monoisotopic (exact) mass is 479 g/mol. The Balaban J connectivity index is 1.73. The van der Waals surface area contributed by atoms with Crippen molar-refractivity contribution < 1.29 is 22.7 Å². The summed E-state index contributed by atoms with van der Waals surface area (Å²) in [6.45, 7) is 2.34. The first-order valence-electron chi connectivity index (χ1n) is 10.2. The average Bonchev–Trinajstić information content (AvgIpc) is 3.24. The third-order valence-electron chi connectivity index (χ3n) is 5.08. The van der Waals surface area contributed by atoms with E-state index in [1.54, 1.807) is 49.4 Å². The van der Waals surface area contributed by atoms with Gasteiger partial charge in [-0.2, -0.15) is 0 Å². The minimum Gasteiger partial charge on any atom is -0.376 e. The molecule has 0 unspecified atom stereocenters. The molecule has 2 aromatic carbocycles. The van der Waals surface area contributed by atoms with Crippen LogP contribution in [-0.4, -0.2) is 52.3 Å². The van der Waals surface area contributed by atoms with Crippen LogP contribution in [0.2, 0.25) is 5.02 Å². The SMILES string of the molecule is Cc1cc(Cl)ccc1N(CC(=O)Nc1ccccc1C(=O)NC[C@H]1CCCO1)S(C)(=O)=O. The quantitative estimate of drug-likeness (QED) is 0.605. The Labute approximate surface area is 192 Å². The van der Waals surface area contributed by atoms with Crippen molar-refractivity contribution in [3.8, 4) is 0 Å². The zero-order valence-electron chi connectivity index (χ0n) is 17.9. The predicted octanol–water partition coefficient (Wildman–Crippen LogP) is 2.96. The van der Waals surface area contributed by atoms with Gasteiger partial charge < -0.3 is 15.4 Å². The van der Waals surface area contributed by atoms with Crippen LogP contribution in [0, 0.1) is 6.92 Å². The minimum atomic E-state index is -3.75. The highest BCUT2D eigenvalue weighted by Crippen LogP contribution is 2.26. The first kappa shape index (κ1) is 24.0. The Morgan fingerprint density at radius 3 is 2.62 bits per heavy atom. The molecule has 0 spiro atoms. The lowest BCUT2D eigenvalue weighted by molar-refractivity contribution is -0.114. The van der Waals surface area contributed by atoms with Crippen LogP contribution in [-0.2, 0) is 19.6 Å². The summed E-state index contributed by atoms with van der Waals surface area (Å²) in [5, 5.41) is 5.95. The number of benzene rings is 2. The predicted molar refractivity (Wildman–Crippen MR) is 125 cm³/mol. The second-order valence-electron chi connectivity index (χ2n) is 7.64. The van der Waals surface area contributed by atoms with Crippen LogP contribution in [0.5, 0.6) is 0 Å². The fourth-order valence-corrected chi connectivity index (χ4v) is 4.64. The standard InChI is InChI=1S/C22H26ClN3O5S/c1-15-12-16(23)9-10-20(15)26(32(2,29)30)14-21(27)25-19-8-4-3-7-18(19)22(28)24-13-17-6-5-11-31-17/h3-4,7-10,12,17H,5-6,11,13-14H2,1-2H3,(H,24,28)(H,25,27)/t17-/m1/s1.